The number of thiophene rings is 1. The molecule has 0 nitrogen and oxygen atoms in total. The van der Waals surface area contributed by atoms with E-state index in [0.29, 0.717) is 5.88 Å². The second-order valence-corrected chi connectivity index (χ2v) is 6.48. The SMILES string of the molecule is ClCC(=Cc1cc(Br)cs1)C1CCCCC1. The lowest BCUT2D eigenvalue weighted by Crippen LogP contribution is -2.10. The summed E-state index contributed by atoms with van der Waals surface area (Å²) < 4.78 is 1.17. The van der Waals surface area contributed by atoms with Crippen LogP contribution in [0.4, 0.5) is 0 Å². The quantitative estimate of drug-likeness (QED) is 0.626. The predicted octanol–water partition coefficient (Wildman–Crippen LogP) is 5.71. The number of alkyl halides is 1. The van der Waals surface area contributed by atoms with Crippen molar-refractivity contribution in [3.05, 3.63) is 26.4 Å². The maximum Gasteiger partial charge on any atom is 0.0439 e. The molecule has 0 aromatic carbocycles. The summed E-state index contributed by atoms with van der Waals surface area (Å²) in [6.07, 6.45) is 9.07. The van der Waals surface area contributed by atoms with Crippen LogP contribution in [0, 0.1) is 5.92 Å². The Kier molecular flexibility index (Phi) is 4.93. The third-order valence-electron chi connectivity index (χ3n) is 3.20. The maximum atomic E-state index is 6.08. The molecule has 0 spiro atoms. The maximum absolute atomic E-state index is 6.08. The van der Waals surface area contributed by atoms with E-state index in [1.165, 1.54) is 47.0 Å². The molecule has 3 heteroatoms. The molecule has 1 aliphatic carbocycles. The highest BCUT2D eigenvalue weighted by Crippen LogP contribution is 2.32. The van der Waals surface area contributed by atoms with Crippen LogP contribution >= 0.6 is 38.9 Å². The molecular weight excluding hydrogens is 304 g/mol. The summed E-state index contributed by atoms with van der Waals surface area (Å²) in [5, 5.41) is 2.12. The fourth-order valence-electron chi connectivity index (χ4n) is 2.33. The van der Waals surface area contributed by atoms with Crippen molar-refractivity contribution < 1.29 is 0 Å². The van der Waals surface area contributed by atoms with Gasteiger partial charge in [-0.2, -0.15) is 0 Å². The zero-order chi connectivity index (χ0) is 11.4. The highest BCUT2D eigenvalue weighted by Gasteiger charge is 2.17. The van der Waals surface area contributed by atoms with E-state index in [1.807, 2.05) is 0 Å². The molecule has 0 unspecified atom stereocenters. The van der Waals surface area contributed by atoms with Crippen LogP contribution in [-0.2, 0) is 0 Å². The van der Waals surface area contributed by atoms with Crippen LogP contribution < -0.4 is 0 Å². The third kappa shape index (κ3) is 3.35. The van der Waals surface area contributed by atoms with Gasteiger partial charge in [0.25, 0.3) is 0 Å². The summed E-state index contributed by atoms with van der Waals surface area (Å²) in [4.78, 5) is 1.31. The summed E-state index contributed by atoms with van der Waals surface area (Å²) >= 11 is 11.3. The molecule has 16 heavy (non-hydrogen) atoms. The minimum atomic E-state index is 0.681. The lowest BCUT2D eigenvalue weighted by Gasteiger charge is -2.23. The van der Waals surface area contributed by atoms with E-state index in [1.54, 1.807) is 11.3 Å². The molecule has 0 radical (unpaired) electrons. The molecule has 1 heterocycles. The van der Waals surface area contributed by atoms with Crippen LogP contribution in [-0.4, -0.2) is 5.88 Å². The smallest absolute Gasteiger partial charge is 0.0439 e. The van der Waals surface area contributed by atoms with Crippen molar-refractivity contribution in [2.24, 2.45) is 5.92 Å². The van der Waals surface area contributed by atoms with E-state index >= 15 is 0 Å². The summed E-state index contributed by atoms with van der Waals surface area (Å²) in [5.74, 6) is 1.41. The van der Waals surface area contributed by atoms with Crippen molar-refractivity contribution in [3.8, 4) is 0 Å². The molecule has 0 saturated heterocycles. The number of allylic oxidation sites excluding steroid dienone is 1. The summed E-state index contributed by atoms with van der Waals surface area (Å²) in [7, 11) is 0. The third-order valence-corrected chi connectivity index (χ3v) is 5.15. The average molecular weight is 320 g/mol. The Hall–Kier alpha value is 0.210. The van der Waals surface area contributed by atoms with Gasteiger partial charge in [-0.05, 0) is 46.8 Å². The molecule has 1 fully saturated rings. The standard InChI is InChI=1S/C13H16BrClS/c14-12-7-13(16-9-12)6-11(8-15)10-4-2-1-3-5-10/h6-7,9-10H,1-5,8H2. The first kappa shape index (κ1) is 12.7. The molecule has 0 amide bonds. The molecule has 1 aliphatic rings. The van der Waals surface area contributed by atoms with E-state index in [0.717, 1.165) is 5.92 Å². The largest absolute Gasteiger partial charge is 0.143 e. The lowest BCUT2D eigenvalue weighted by molar-refractivity contribution is 0.405. The van der Waals surface area contributed by atoms with E-state index in [9.17, 15) is 0 Å². The first-order valence-electron chi connectivity index (χ1n) is 5.80. The molecule has 1 aromatic rings. The fourth-order valence-corrected chi connectivity index (χ4v) is 4.03. The van der Waals surface area contributed by atoms with E-state index in [2.05, 4.69) is 33.5 Å². The number of halogens is 2. The Balaban J connectivity index is 2.11. The van der Waals surface area contributed by atoms with Crippen molar-refractivity contribution in [1.29, 1.82) is 0 Å². The van der Waals surface area contributed by atoms with Crippen LogP contribution in [0.1, 0.15) is 37.0 Å². The van der Waals surface area contributed by atoms with Gasteiger partial charge < -0.3 is 0 Å². The second kappa shape index (κ2) is 6.23. The summed E-state index contributed by atoms with van der Waals surface area (Å²) in [6, 6.07) is 2.17. The van der Waals surface area contributed by atoms with Crippen LogP contribution in [0.2, 0.25) is 0 Å². The van der Waals surface area contributed by atoms with Crippen molar-refractivity contribution in [3.63, 3.8) is 0 Å². The van der Waals surface area contributed by atoms with Crippen LogP contribution in [0.25, 0.3) is 6.08 Å². The van der Waals surface area contributed by atoms with Gasteiger partial charge in [0.1, 0.15) is 0 Å². The second-order valence-electron chi connectivity index (χ2n) is 4.36. The monoisotopic (exact) mass is 318 g/mol. The Morgan fingerprint density at radius 3 is 2.75 bits per heavy atom. The Morgan fingerprint density at radius 2 is 2.19 bits per heavy atom. The predicted molar refractivity (Wildman–Crippen MR) is 77.3 cm³/mol. The topological polar surface area (TPSA) is 0 Å². The van der Waals surface area contributed by atoms with Gasteiger partial charge in [-0.1, -0.05) is 24.8 Å². The zero-order valence-electron chi connectivity index (χ0n) is 9.22. The first-order chi connectivity index (χ1) is 7.79. The van der Waals surface area contributed by atoms with Crippen molar-refractivity contribution in [2.45, 2.75) is 32.1 Å². The lowest BCUT2D eigenvalue weighted by atomic mass is 9.84. The highest BCUT2D eigenvalue weighted by molar-refractivity contribution is 9.10. The summed E-state index contributed by atoms with van der Waals surface area (Å²) in [5.41, 5.74) is 1.43. The Morgan fingerprint density at radius 1 is 1.44 bits per heavy atom. The van der Waals surface area contributed by atoms with Crippen LogP contribution in [0.15, 0.2) is 21.5 Å². The van der Waals surface area contributed by atoms with Crippen molar-refractivity contribution in [1.82, 2.24) is 0 Å². The van der Waals surface area contributed by atoms with E-state index in [4.69, 9.17) is 11.6 Å². The van der Waals surface area contributed by atoms with Gasteiger partial charge in [-0.15, -0.1) is 22.9 Å². The molecule has 1 aromatic heterocycles. The van der Waals surface area contributed by atoms with Gasteiger partial charge >= 0.3 is 0 Å². The van der Waals surface area contributed by atoms with Gasteiger partial charge in [0.05, 0.1) is 0 Å². The van der Waals surface area contributed by atoms with Crippen molar-refractivity contribution >= 4 is 44.9 Å². The average Bonchev–Trinajstić information content (AvgIpc) is 2.73. The molecular formula is C13H16BrClS. The highest BCUT2D eigenvalue weighted by atomic mass is 79.9. The van der Waals surface area contributed by atoms with Gasteiger partial charge in [-0.3, -0.25) is 0 Å². The molecule has 2 rings (SSSR count). The molecule has 88 valence electrons. The zero-order valence-corrected chi connectivity index (χ0v) is 12.4. The number of hydrogen-bond donors (Lipinski definition) is 0. The van der Waals surface area contributed by atoms with Crippen LogP contribution in [0.3, 0.4) is 0 Å². The minimum Gasteiger partial charge on any atom is -0.143 e. The van der Waals surface area contributed by atoms with E-state index in [-0.39, 0.29) is 0 Å². The number of hydrogen-bond acceptors (Lipinski definition) is 1. The normalized spacial score (nSPS) is 19.0. The van der Waals surface area contributed by atoms with Crippen molar-refractivity contribution in [2.75, 3.05) is 5.88 Å². The van der Waals surface area contributed by atoms with Gasteiger partial charge in [0, 0.05) is 20.6 Å². The molecule has 0 N–H and O–H groups in total. The molecule has 0 aliphatic heterocycles. The molecule has 1 saturated carbocycles. The van der Waals surface area contributed by atoms with Gasteiger partial charge in [-0.25, -0.2) is 0 Å². The number of rotatable bonds is 3. The fraction of sp³-hybridized carbons (Fsp3) is 0.538. The summed E-state index contributed by atoms with van der Waals surface area (Å²) in [6.45, 7) is 0. The Bertz CT molecular complexity index is 364. The molecule has 0 bridgehead atoms. The van der Waals surface area contributed by atoms with Gasteiger partial charge in [0.15, 0.2) is 0 Å². The van der Waals surface area contributed by atoms with Gasteiger partial charge in [0.2, 0.25) is 0 Å². The van der Waals surface area contributed by atoms with Crippen LogP contribution in [0.5, 0.6) is 0 Å². The first-order valence-corrected chi connectivity index (χ1v) is 8.01. The van der Waals surface area contributed by atoms with E-state index < -0.39 is 0 Å². The molecule has 0 atom stereocenters. The Labute approximate surface area is 115 Å². The minimum absolute atomic E-state index is 0.681.